The van der Waals surface area contributed by atoms with Crippen LogP contribution in [0.5, 0.6) is 0 Å². The molecular weight excluding hydrogens is 310 g/mol. The van der Waals surface area contributed by atoms with Crippen LogP contribution in [0.1, 0.15) is 5.56 Å². The third-order valence-corrected chi connectivity index (χ3v) is 3.54. The van der Waals surface area contributed by atoms with E-state index in [2.05, 4.69) is 32.3 Å². The molecule has 1 heterocycles. The molecule has 0 aliphatic heterocycles. The Morgan fingerprint density at radius 1 is 1.32 bits per heavy atom. The van der Waals surface area contributed by atoms with Crippen LogP contribution in [0.2, 0.25) is 0 Å². The van der Waals surface area contributed by atoms with Crippen molar-refractivity contribution in [3.05, 3.63) is 34.4 Å². The predicted octanol–water partition coefficient (Wildman–Crippen LogP) is 2.64. The Kier molecular flexibility index (Phi) is 5.07. The van der Waals surface area contributed by atoms with Gasteiger partial charge in [-0.2, -0.15) is 0 Å². The molecule has 1 aromatic heterocycles. The zero-order valence-corrected chi connectivity index (χ0v) is 12.6. The van der Waals surface area contributed by atoms with Gasteiger partial charge >= 0.3 is 0 Å². The molecule has 0 atom stereocenters. The number of benzene rings is 1. The van der Waals surface area contributed by atoms with Crippen molar-refractivity contribution in [3.8, 4) is 11.3 Å². The minimum atomic E-state index is 0.381. The molecule has 5 nitrogen and oxygen atoms in total. The first-order chi connectivity index (χ1) is 9.20. The van der Waals surface area contributed by atoms with Crippen molar-refractivity contribution < 1.29 is 9.47 Å². The van der Waals surface area contributed by atoms with Gasteiger partial charge in [0.2, 0.25) is 0 Å². The normalized spacial score (nSPS) is 10.9. The molecule has 0 saturated heterocycles. The number of aromatic nitrogens is 3. The fraction of sp³-hybridized carbons (Fsp3) is 0.385. The maximum absolute atomic E-state index is 5.38. The molecule has 0 spiro atoms. The van der Waals surface area contributed by atoms with Crippen LogP contribution in [0, 0.1) is 6.92 Å². The first-order valence-corrected chi connectivity index (χ1v) is 6.73. The highest BCUT2D eigenvalue weighted by molar-refractivity contribution is 9.10. The van der Waals surface area contributed by atoms with Gasteiger partial charge in [-0.1, -0.05) is 27.2 Å². The SMILES string of the molecule is COCCOCn1cc(-c2ccc(Br)c(C)c2)nn1. The summed E-state index contributed by atoms with van der Waals surface area (Å²) in [5.41, 5.74) is 3.05. The van der Waals surface area contributed by atoms with E-state index in [0.29, 0.717) is 19.9 Å². The zero-order valence-electron chi connectivity index (χ0n) is 11.0. The minimum Gasteiger partial charge on any atom is -0.382 e. The molecule has 2 rings (SSSR count). The van der Waals surface area contributed by atoms with E-state index >= 15 is 0 Å². The summed E-state index contributed by atoms with van der Waals surface area (Å²) in [5.74, 6) is 0. The molecule has 2 aromatic rings. The fourth-order valence-electron chi connectivity index (χ4n) is 1.60. The lowest BCUT2D eigenvalue weighted by atomic mass is 10.1. The summed E-state index contributed by atoms with van der Waals surface area (Å²) in [6.45, 7) is 3.55. The van der Waals surface area contributed by atoms with Gasteiger partial charge in [-0.3, -0.25) is 0 Å². The number of nitrogens with zero attached hydrogens (tertiary/aromatic N) is 3. The molecule has 19 heavy (non-hydrogen) atoms. The maximum Gasteiger partial charge on any atom is 0.141 e. The Morgan fingerprint density at radius 3 is 2.89 bits per heavy atom. The Balaban J connectivity index is 2.01. The second-order valence-corrected chi connectivity index (χ2v) is 4.99. The van der Waals surface area contributed by atoms with E-state index in [4.69, 9.17) is 9.47 Å². The number of rotatable bonds is 6. The lowest BCUT2D eigenvalue weighted by Crippen LogP contribution is -2.07. The van der Waals surface area contributed by atoms with Crippen LogP contribution in [-0.2, 0) is 16.2 Å². The first kappa shape index (κ1) is 14.2. The zero-order chi connectivity index (χ0) is 13.7. The van der Waals surface area contributed by atoms with Crippen molar-refractivity contribution in [3.63, 3.8) is 0 Å². The summed E-state index contributed by atoms with van der Waals surface area (Å²) >= 11 is 3.48. The highest BCUT2D eigenvalue weighted by atomic mass is 79.9. The molecule has 1 aromatic carbocycles. The molecule has 102 valence electrons. The number of hydrogen-bond donors (Lipinski definition) is 0. The Labute approximate surface area is 120 Å². The fourth-order valence-corrected chi connectivity index (χ4v) is 1.84. The van der Waals surface area contributed by atoms with Gasteiger partial charge in [0.25, 0.3) is 0 Å². The van der Waals surface area contributed by atoms with Gasteiger partial charge in [0.1, 0.15) is 12.4 Å². The molecular formula is C13H16BrN3O2. The van der Waals surface area contributed by atoms with E-state index in [0.717, 1.165) is 15.7 Å². The van der Waals surface area contributed by atoms with E-state index in [1.54, 1.807) is 11.8 Å². The lowest BCUT2D eigenvalue weighted by molar-refractivity contribution is 0.0281. The number of aryl methyl sites for hydroxylation is 1. The number of halogens is 1. The monoisotopic (exact) mass is 325 g/mol. The average molecular weight is 326 g/mol. The molecule has 0 unspecified atom stereocenters. The highest BCUT2D eigenvalue weighted by Gasteiger charge is 2.05. The van der Waals surface area contributed by atoms with E-state index in [-0.39, 0.29) is 0 Å². The van der Waals surface area contributed by atoms with Gasteiger partial charge in [-0.15, -0.1) is 5.10 Å². The van der Waals surface area contributed by atoms with Crippen molar-refractivity contribution in [2.24, 2.45) is 0 Å². The van der Waals surface area contributed by atoms with Crippen molar-refractivity contribution >= 4 is 15.9 Å². The molecule has 0 N–H and O–H groups in total. The summed E-state index contributed by atoms with van der Waals surface area (Å²) in [6.07, 6.45) is 1.87. The van der Waals surface area contributed by atoms with E-state index in [1.807, 2.05) is 25.3 Å². The van der Waals surface area contributed by atoms with Crippen molar-refractivity contribution in [1.82, 2.24) is 15.0 Å². The van der Waals surface area contributed by atoms with E-state index in [9.17, 15) is 0 Å². The standard InChI is InChI=1S/C13H16BrN3O2/c1-10-7-11(3-4-12(10)14)13-8-17(16-15-13)9-19-6-5-18-2/h3-4,7-8H,5-6,9H2,1-2H3. The Hall–Kier alpha value is -1.24. The number of methoxy groups -OCH3 is 1. The van der Waals surface area contributed by atoms with Crippen molar-refractivity contribution in [2.45, 2.75) is 13.7 Å². The van der Waals surface area contributed by atoms with Crippen LogP contribution in [0.3, 0.4) is 0 Å². The lowest BCUT2D eigenvalue weighted by Gasteiger charge is -2.02. The van der Waals surface area contributed by atoms with Gasteiger partial charge in [-0.25, -0.2) is 4.68 Å². The van der Waals surface area contributed by atoms with Crippen molar-refractivity contribution in [1.29, 1.82) is 0 Å². The highest BCUT2D eigenvalue weighted by Crippen LogP contribution is 2.23. The molecule has 0 radical (unpaired) electrons. The van der Waals surface area contributed by atoms with Gasteiger partial charge in [0.15, 0.2) is 0 Å². The molecule has 0 saturated carbocycles. The first-order valence-electron chi connectivity index (χ1n) is 5.94. The topological polar surface area (TPSA) is 49.2 Å². The van der Waals surface area contributed by atoms with Crippen LogP contribution >= 0.6 is 15.9 Å². The average Bonchev–Trinajstić information content (AvgIpc) is 2.87. The summed E-state index contributed by atoms with van der Waals surface area (Å²) in [5, 5.41) is 8.17. The van der Waals surface area contributed by atoms with Crippen LogP contribution in [0.4, 0.5) is 0 Å². The summed E-state index contributed by atoms with van der Waals surface area (Å²) in [6, 6.07) is 6.10. The quantitative estimate of drug-likeness (QED) is 0.766. The molecule has 0 aliphatic rings. The van der Waals surface area contributed by atoms with Crippen molar-refractivity contribution in [2.75, 3.05) is 20.3 Å². The van der Waals surface area contributed by atoms with Crippen LogP contribution in [0.15, 0.2) is 28.9 Å². The largest absolute Gasteiger partial charge is 0.382 e. The second-order valence-electron chi connectivity index (χ2n) is 4.14. The summed E-state index contributed by atoms with van der Waals surface area (Å²) in [4.78, 5) is 0. The second kappa shape index (κ2) is 6.79. The van der Waals surface area contributed by atoms with Gasteiger partial charge < -0.3 is 9.47 Å². The van der Waals surface area contributed by atoms with E-state index in [1.165, 1.54) is 5.56 Å². The molecule has 0 fully saturated rings. The number of ether oxygens (including phenoxy) is 2. The number of hydrogen-bond acceptors (Lipinski definition) is 4. The maximum atomic E-state index is 5.38. The van der Waals surface area contributed by atoms with Gasteiger partial charge in [-0.05, 0) is 24.6 Å². The van der Waals surface area contributed by atoms with Crippen LogP contribution in [-0.4, -0.2) is 35.3 Å². The molecule has 0 aliphatic carbocycles. The Bertz CT molecular complexity index is 542. The van der Waals surface area contributed by atoms with Crippen LogP contribution < -0.4 is 0 Å². The Morgan fingerprint density at radius 2 is 2.16 bits per heavy atom. The molecule has 0 amide bonds. The van der Waals surface area contributed by atoms with E-state index < -0.39 is 0 Å². The smallest absolute Gasteiger partial charge is 0.141 e. The molecule has 0 bridgehead atoms. The predicted molar refractivity (Wildman–Crippen MR) is 75.7 cm³/mol. The van der Waals surface area contributed by atoms with Crippen LogP contribution in [0.25, 0.3) is 11.3 Å². The third-order valence-electron chi connectivity index (χ3n) is 2.65. The minimum absolute atomic E-state index is 0.381. The summed E-state index contributed by atoms with van der Waals surface area (Å²) in [7, 11) is 1.65. The van der Waals surface area contributed by atoms with Gasteiger partial charge in [0, 0.05) is 17.1 Å². The van der Waals surface area contributed by atoms with Gasteiger partial charge in [0.05, 0.1) is 19.4 Å². The summed E-state index contributed by atoms with van der Waals surface area (Å²) < 4.78 is 13.0. The molecule has 6 heteroatoms. The third kappa shape index (κ3) is 3.86.